The molecule has 1 heterocycles. The number of esters is 1. The third kappa shape index (κ3) is 4.51. The number of nitrogens with zero attached hydrogens (tertiary/aromatic N) is 2. The van der Waals surface area contributed by atoms with Crippen LogP contribution in [0.2, 0.25) is 0 Å². The van der Waals surface area contributed by atoms with Gasteiger partial charge in [0, 0.05) is 13.2 Å². The van der Waals surface area contributed by atoms with Gasteiger partial charge in [0.15, 0.2) is 0 Å². The van der Waals surface area contributed by atoms with E-state index in [4.69, 9.17) is 0 Å². The molecule has 1 rings (SSSR count). The minimum Gasteiger partial charge on any atom is -0.468 e. The van der Waals surface area contributed by atoms with Gasteiger partial charge >= 0.3 is 5.97 Å². The van der Waals surface area contributed by atoms with Crippen LogP contribution < -0.4 is 5.32 Å². The van der Waals surface area contributed by atoms with Crippen molar-refractivity contribution >= 4 is 17.8 Å². The number of ether oxygens (including phenoxy) is 1. The number of hydrogen-bond donors (Lipinski definition) is 1. The number of likely N-dealkylation sites (N-methyl/N-ethyl adjacent to an activating group) is 1. The summed E-state index contributed by atoms with van der Waals surface area (Å²) in [6.07, 6.45) is 1.72. The minimum absolute atomic E-state index is 0.0127. The molecule has 1 N–H and O–H groups in total. The average molecular weight is 281 g/mol. The van der Waals surface area contributed by atoms with Crippen molar-refractivity contribution in [2.24, 2.45) is 7.05 Å². The number of rotatable bonds is 6. The van der Waals surface area contributed by atoms with Crippen molar-refractivity contribution in [1.82, 2.24) is 14.8 Å². The Morgan fingerprint density at radius 3 is 2.55 bits per heavy atom. The molecule has 0 saturated heterocycles. The van der Waals surface area contributed by atoms with Crippen molar-refractivity contribution in [3.63, 3.8) is 0 Å². The van der Waals surface area contributed by atoms with Gasteiger partial charge in [-0.3, -0.25) is 24.6 Å². The molecule has 110 valence electrons. The van der Waals surface area contributed by atoms with Crippen molar-refractivity contribution < 1.29 is 19.1 Å². The van der Waals surface area contributed by atoms with Crippen molar-refractivity contribution in [2.45, 2.75) is 6.92 Å². The van der Waals surface area contributed by atoms with Crippen LogP contribution in [-0.2, 0) is 21.4 Å². The second kappa shape index (κ2) is 7.44. The molecule has 0 aliphatic heterocycles. The van der Waals surface area contributed by atoms with Crippen LogP contribution in [0, 0.1) is 0 Å². The van der Waals surface area contributed by atoms with Gasteiger partial charge in [0.1, 0.15) is 5.69 Å². The van der Waals surface area contributed by atoms with Crippen LogP contribution in [0.5, 0.6) is 0 Å². The first kappa shape index (κ1) is 15.9. The van der Waals surface area contributed by atoms with Crippen LogP contribution in [0.4, 0.5) is 0 Å². The van der Waals surface area contributed by atoms with E-state index in [0.29, 0.717) is 12.2 Å². The van der Waals surface area contributed by atoms with Crippen molar-refractivity contribution in [1.29, 1.82) is 0 Å². The topological polar surface area (TPSA) is 80.6 Å². The van der Waals surface area contributed by atoms with Crippen LogP contribution in [0.1, 0.15) is 17.4 Å². The molecule has 0 bridgehead atoms. The Morgan fingerprint density at radius 2 is 2.05 bits per heavy atom. The van der Waals surface area contributed by atoms with Gasteiger partial charge in [0.2, 0.25) is 5.91 Å². The highest BCUT2D eigenvalue weighted by Crippen LogP contribution is 1.99. The third-order valence-electron chi connectivity index (χ3n) is 2.82. The van der Waals surface area contributed by atoms with E-state index in [0.717, 1.165) is 0 Å². The van der Waals surface area contributed by atoms with E-state index in [-0.39, 0.29) is 13.1 Å². The predicted octanol–water partition coefficient (Wildman–Crippen LogP) is -0.224. The standard InChI is InChI=1S/C13H19N3O4/c1-4-16(9-12(18)20-3)8-11(17)14-13(19)10-6-5-7-15(10)2/h5-7H,4,8-9H2,1-3H3,(H,14,17,19). The summed E-state index contributed by atoms with van der Waals surface area (Å²) >= 11 is 0. The van der Waals surface area contributed by atoms with Crippen LogP contribution in [0.3, 0.4) is 0 Å². The number of methoxy groups -OCH3 is 1. The molecule has 1 aromatic rings. The number of aromatic nitrogens is 1. The van der Waals surface area contributed by atoms with E-state index in [1.807, 2.05) is 6.92 Å². The number of hydrogen-bond acceptors (Lipinski definition) is 5. The SMILES string of the molecule is CCN(CC(=O)NC(=O)c1cccn1C)CC(=O)OC. The Morgan fingerprint density at radius 1 is 1.35 bits per heavy atom. The quantitative estimate of drug-likeness (QED) is 0.729. The molecule has 0 aromatic carbocycles. The Balaban J connectivity index is 2.52. The summed E-state index contributed by atoms with van der Waals surface area (Å²) in [5.74, 6) is -1.34. The Labute approximate surface area is 117 Å². The van der Waals surface area contributed by atoms with Gasteiger partial charge in [0.25, 0.3) is 5.91 Å². The summed E-state index contributed by atoms with van der Waals surface area (Å²) in [5.41, 5.74) is 0.398. The normalized spacial score (nSPS) is 10.4. The largest absolute Gasteiger partial charge is 0.468 e. The van der Waals surface area contributed by atoms with Gasteiger partial charge in [0.05, 0.1) is 20.2 Å². The van der Waals surface area contributed by atoms with Gasteiger partial charge in [-0.05, 0) is 18.7 Å². The summed E-state index contributed by atoms with van der Waals surface area (Å²) < 4.78 is 6.16. The molecule has 0 unspecified atom stereocenters. The molecule has 1 aromatic heterocycles. The van der Waals surface area contributed by atoms with Crippen LogP contribution in [-0.4, -0.2) is 54.0 Å². The molecule has 7 nitrogen and oxygen atoms in total. The lowest BCUT2D eigenvalue weighted by molar-refractivity contribution is -0.142. The van der Waals surface area contributed by atoms with E-state index >= 15 is 0 Å². The van der Waals surface area contributed by atoms with Crippen LogP contribution >= 0.6 is 0 Å². The number of carbonyl (C=O) groups excluding carboxylic acids is 3. The lowest BCUT2D eigenvalue weighted by Crippen LogP contribution is -2.42. The molecule has 20 heavy (non-hydrogen) atoms. The van der Waals surface area contributed by atoms with E-state index in [1.165, 1.54) is 7.11 Å². The second-order valence-electron chi connectivity index (χ2n) is 4.26. The predicted molar refractivity (Wildman–Crippen MR) is 72.0 cm³/mol. The first-order valence-corrected chi connectivity index (χ1v) is 6.22. The fraction of sp³-hybridized carbons (Fsp3) is 0.462. The van der Waals surface area contributed by atoms with Crippen molar-refractivity contribution in [2.75, 3.05) is 26.7 Å². The fourth-order valence-electron chi connectivity index (χ4n) is 1.66. The van der Waals surface area contributed by atoms with Gasteiger partial charge in [-0.25, -0.2) is 0 Å². The zero-order valence-corrected chi connectivity index (χ0v) is 11.9. The Bertz CT molecular complexity index is 496. The summed E-state index contributed by atoms with van der Waals surface area (Å²) in [5, 5.41) is 2.29. The second-order valence-corrected chi connectivity index (χ2v) is 4.26. The zero-order chi connectivity index (χ0) is 15.1. The van der Waals surface area contributed by atoms with E-state index < -0.39 is 17.8 Å². The summed E-state index contributed by atoms with van der Waals surface area (Å²) in [4.78, 5) is 36.3. The Hall–Kier alpha value is -2.15. The fourth-order valence-corrected chi connectivity index (χ4v) is 1.66. The maximum Gasteiger partial charge on any atom is 0.319 e. The molecular weight excluding hydrogens is 262 g/mol. The van der Waals surface area contributed by atoms with Crippen LogP contribution in [0.25, 0.3) is 0 Å². The van der Waals surface area contributed by atoms with E-state index in [1.54, 1.807) is 34.8 Å². The summed E-state index contributed by atoms with van der Waals surface area (Å²) in [7, 11) is 3.00. The molecule has 0 spiro atoms. The van der Waals surface area contributed by atoms with E-state index in [2.05, 4.69) is 10.1 Å². The highest BCUT2D eigenvalue weighted by Gasteiger charge is 2.17. The van der Waals surface area contributed by atoms with Gasteiger partial charge < -0.3 is 9.30 Å². The van der Waals surface area contributed by atoms with Crippen molar-refractivity contribution in [3.05, 3.63) is 24.0 Å². The molecule has 7 heteroatoms. The molecule has 0 radical (unpaired) electrons. The molecule has 0 aliphatic carbocycles. The summed E-state index contributed by atoms with van der Waals surface area (Å²) in [6.45, 7) is 2.29. The van der Waals surface area contributed by atoms with Gasteiger partial charge in [-0.15, -0.1) is 0 Å². The number of nitrogens with one attached hydrogen (secondary N) is 1. The van der Waals surface area contributed by atoms with Gasteiger partial charge in [-0.1, -0.05) is 6.92 Å². The monoisotopic (exact) mass is 281 g/mol. The zero-order valence-electron chi connectivity index (χ0n) is 11.9. The third-order valence-corrected chi connectivity index (χ3v) is 2.82. The first-order chi connectivity index (χ1) is 9.47. The lowest BCUT2D eigenvalue weighted by atomic mass is 10.3. The smallest absolute Gasteiger partial charge is 0.319 e. The molecule has 0 atom stereocenters. The highest BCUT2D eigenvalue weighted by molar-refractivity contribution is 6.04. The molecule has 0 fully saturated rings. The highest BCUT2D eigenvalue weighted by atomic mass is 16.5. The molecule has 2 amide bonds. The average Bonchev–Trinajstić information content (AvgIpc) is 2.83. The number of carbonyl (C=O) groups is 3. The van der Waals surface area contributed by atoms with Gasteiger partial charge in [-0.2, -0.15) is 0 Å². The van der Waals surface area contributed by atoms with Crippen LogP contribution in [0.15, 0.2) is 18.3 Å². The minimum atomic E-state index is -0.461. The molecule has 0 aliphatic rings. The lowest BCUT2D eigenvalue weighted by Gasteiger charge is -2.17. The number of amides is 2. The number of aryl methyl sites for hydroxylation is 1. The van der Waals surface area contributed by atoms with E-state index in [9.17, 15) is 14.4 Å². The summed E-state index contributed by atoms with van der Waals surface area (Å²) in [6, 6.07) is 3.34. The Kier molecular flexibility index (Phi) is 5.92. The maximum absolute atomic E-state index is 11.8. The molecular formula is C13H19N3O4. The number of imide groups is 1. The molecule has 0 saturated carbocycles. The first-order valence-electron chi connectivity index (χ1n) is 6.22. The maximum atomic E-state index is 11.8. The van der Waals surface area contributed by atoms with Crippen molar-refractivity contribution in [3.8, 4) is 0 Å².